The molecule has 5 nitrogen and oxygen atoms in total. The first-order valence-corrected chi connectivity index (χ1v) is 7.81. The van der Waals surface area contributed by atoms with E-state index < -0.39 is 17.7 Å². The summed E-state index contributed by atoms with van der Waals surface area (Å²) in [7, 11) is 0. The molecule has 1 N–H and O–H groups in total. The molecule has 0 fully saturated rings. The largest absolute Gasteiger partial charge is 0.503 e. The zero-order valence-corrected chi connectivity index (χ0v) is 13.6. The van der Waals surface area contributed by atoms with Gasteiger partial charge in [0.1, 0.15) is 0 Å². The molecule has 122 valence electrons. The molecular weight excluding hydrogens is 304 g/mol. The summed E-state index contributed by atoms with van der Waals surface area (Å²) >= 11 is 0. The maximum Gasteiger partial charge on any atom is 0.294 e. The number of rotatable bonds is 4. The van der Waals surface area contributed by atoms with Crippen LogP contribution in [0.2, 0.25) is 0 Å². The Morgan fingerprint density at radius 3 is 2.38 bits per heavy atom. The van der Waals surface area contributed by atoms with Crippen LogP contribution in [0.5, 0.6) is 0 Å². The number of aromatic nitrogens is 1. The van der Waals surface area contributed by atoms with Gasteiger partial charge in [-0.2, -0.15) is 0 Å². The van der Waals surface area contributed by atoms with E-state index in [0.717, 1.165) is 11.1 Å². The number of carbonyl (C=O) groups is 2. The van der Waals surface area contributed by atoms with Crippen molar-refractivity contribution in [1.29, 1.82) is 0 Å². The molecule has 0 saturated carbocycles. The van der Waals surface area contributed by atoms with Crippen LogP contribution in [0.1, 0.15) is 30.5 Å². The Kier molecular flexibility index (Phi) is 4.16. The second kappa shape index (κ2) is 6.28. The molecule has 1 amide bonds. The molecule has 1 aromatic heterocycles. The number of ketones is 1. The minimum atomic E-state index is -0.643. The van der Waals surface area contributed by atoms with Crippen LogP contribution in [-0.4, -0.2) is 21.8 Å². The standard InChI is InChI=1S/C19H18N2O3/c1-3-15(22)16-17(13-8-10-20-11-9-13)21(19(24)18(16)23)14-6-4-12(2)5-7-14/h4-11,17,23H,3H2,1-2H3. The summed E-state index contributed by atoms with van der Waals surface area (Å²) in [5.74, 6) is -1.26. The van der Waals surface area contributed by atoms with E-state index in [0.29, 0.717) is 5.69 Å². The Labute approximate surface area is 140 Å². The Morgan fingerprint density at radius 2 is 1.79 bits per heavy atom. The van der Waals surface area contributed by atoms with E-state index in [9.17, 15) is 14.7 Å². The zero-order valence-electron chi connectivity index (χ0n) is 13.6. The highest BCUT2D eigenvalue weighted by atomic mass is 16.3. The van der Waals surface area contributed by atoms with E-state index in [1.165, 1.54) is 4.90 Å². The first-order valence-electron chi connectivity index (χ1n) is 7.81. The maximum atomic E-state index is 12.7. The molecule has 1 aliphatic rings. The number of aliphatic hydroxyl groups is 1. The van der Waals surface area contributed by atoms with Crippen LogP contribution in [0.3, 0.4) is 0 Å². The third-order valence-electron chi connectivity index (χ3n) is 4.16. The van der Waals surface area contributed by atoms with Gasteiger partial charge in [0.2, 0.25) is 0 Å². The fourth-order valence-corrected chi connectivity index (χ4v) is 2.91. The van der Waals surface area contributed by atoms with Crippen molar-refractivity contribution in [1.82, 2.24) is 4.98 Å². The van der Waals surface area contributed by atoms with Crippen molar-refractivity contribution in [3.05, 3.63) is 71.3 Å². The fourth-order valence-electron chi connectivity index (χ4n) is 2.91. The predicted molar refractivity (Wildman–Crippen MR) is 90.6 cm³/mol. The molecule has 1 atom stereocenters. The van der Waals surface area contributed by atoms with Crippen LogP contribution in [0, 0.1) is 6.92 Å². The van der Waals surface area contributed by atoms with E-state index in [1.54, 1.807) is 31.5 Å². The molecule has 0 spiro atoms. The summed E-state index contributed by atoms with van der Waals surface area (Å²) in [4.78, 5) is 30.5. The van der Waals surface area contributed by atoms with Gasteiger partial charge >= 0.3 is 0 Å². The van der Waals surface area contributed by atoms with Gasteiger partial charge in [-0.15, -0.1) is 0 Å². The van der Waals surface area contributed by atoms with Gasteiger partial charge in [-0.25, -0.2) is 0 Å². The molecule has 1 aromatic carbocycles. The van der Waals surface area contributed by atoms with Crippen molar-refractivity contribution >= 4 is 17.4 Å². The zero-order chi connectivity index (χ0) is 17.3. The van der Waals surface area contributed by atoms with Crippen molar-refractivity contribution in [3.63, 3.8) is 0 Å². The highest BCUT2D eigenvalue weighted by Crippen LogP contribution is 2.41. The second-order valence-corrected chi connectivity index (χ2v) is 5.73. The lowest BCUT2D eigenvalue weighted by atomic mass is 9.95. The maximum absolute atomic E-state index is 12.7. The number of benzene rings is 1. The fraction of sp³-hybridized carbons (Fsp3) is 0.211. The van der Waals surface area contributed by atoms with Gasteiger partial charge in [0, 0.05) is 24.5 Å². The number of hydrogen-bond donors (Lipinski definition) is 1. The van der Waals surface area contributed by atoms with Crippen molar-refractivity contribution in [2.75, 3.05) is 4.90 Å². The van der Waals surface area contributed by atoms with E-state index in [4.69, 9.17) is 0 Å². The Bertz CT molecular complexity index is 810. The number of Topliss-reactive ketones (excluding diaryl/α,β-unsaturated/α-hetero) is 1. The molecule has 1 aliphatic heterocycles. The van der Waals surface area contributed by atoms with Crippen LogP contribution < -0.4 is 4.90 Å². The van der Waals surface area contributed by atoms with Crippen molar-refractivity contribution < 1.29 is 14.7 Å². The summed E-state index contributed by atoms with van der Waals surface area (Å²) in [6.07, 6.45) is 3.43. The quantitative estimate of drug-likeness (QED) is 0.938. The van der Waals surface area contributed by atoms with Gasteiger partial charge in [-0.1, -0.05) is 24.6 Å². The topological polar surface area (TPSA) is 70.5 Å². The summed E-state index contributed by atoms with van der Waals surface area (Å²) in [6, 6.07) is 10.3. The molecule has 0 saturated heterocycles. The second-order valence-electron chi connectivity index (χ2n) is 5.73. The van der Waals surface area contributed by atoms with Crippen LogP contribution >= 0.6 is 0 Å². The summed E-state index contributed by atoms with van der Waals surface area (Å²) in [5, 5.41) is 10.3. The Morgan fingerprint density at radius 1 is 1.17 bits per heavy atom. The van der Waals surface area contributed by atoms with Crippen molar-refractivity contribution in [2.45, 2.75) is 26.3 Å². The first-order chi connectivity index (χ1) is 11.5. The molecule has 0 aliphatic carbocycles. The third-order valence-corrected chi connectivity index (χ3v) is 4.16. The molecule has 2 aromatic rings. The normalized spacial score (nSPS) is 17.5. The number of nitrogens with zero attached hydrogens (tertiary/aromatic N) is 2. The lowest BCUT2D eigenvalue weighted by molar-refractivity contribution is -0.118. The molecule has 1 unspecified atom stereocenters. The van der Waals surface area contributed by atoms with E-state index in [1.807, 2.05) is 31.2 Å². The number of anilines is 1. The predicted octanol–water partition coefficient (Wildman–Crippen LogP) is 3.27. The molecule has 0 radical (unpaired) electrons. The smallest absolute Gasteiger partial charge is 0.294 e. The number of carbonyl (C=O) groups excluding carboxylic acids is 2. The number of aliphatic hydroxyl groups excluding tert-OH is 1. The van der Waals surface area contributed by atoms with Gasteiger partial charge in [-0.05, 0) is 36.8 Å². The molecule has 5 heteroatoms. The highest BCUT2D eigenvalue weighted by molar-refractivity contribution is 6.16. The lowest BCUT2D eigenvalue weighted by Crippen LogP contribution is -2.31. The summed E-state index contributed by atoms with van der Waals surface area (Å²) < 4.78 is 0. The van der Waals surface area contributed by atoms with Crippen LogP contribution in [0.25, 0.3) is 0 Å². The Hall–Kier alpha value is -2.95. The average Bonchev–Trinajstić information content (AvgIpc) is 2.87. The van der Waals surface area contributed by atoms with Crippen LogP contribution in [0.4, 0.5) is 5.69 Å². The number of pyridine rings is 1. The lowest BCUT2D eigenvalue weighted by Gasteiger charge is -2.26. The van der Waals surface area contributed by atoms with Gasteiger partial charge in [-0.3, -0.25) is 19.5 Å². The monoisotopic (exact) mass is 322 g/mol. The summed E-state index contributed by atoms with van der Waals surface area (Å²) in [6.45, 7) is 3.67. The SMILES string of the molecule is CCC(=O)C1=C(O)C(=O)N(c2ccc(C)cc2)C1c1ccncc1. The minimum Gasteiger partial charge on any atom is -0.503 e. The first kappa shape index (κ1) is 15.9. The molecular formula is C19H18N2O3. The van der Waals surface area contributed by atoms with E-state index >= 15 is 0 Å². The average molecular weight is 322 g/mol. The molecule has 3 rings (SSSR count). The molecule has 0 bridgehead atoms. The number of aryl methyl sites for hydroxylation is 1. The number of amides is 1. The minimum absolute atomic E-state index is 0.147. The molecule has 24 heavy (non-hydrogen) atoms. The Balaban J connectivity index is 2.16. The molecule has 2 heterocycles. The number of hydrogen-bond acceptors (Lipinski definition) is 4. The van der Waals surface area contributed by atoms with Gasteiger partial charge in [0.25, 0.3) is 5.91 Å². The van der Waals surface area contributed by atoms with E-state index in [2.05, 4.69) is 4.98 Å². The van der Waals surface area contributed by atoms with Gasteiger partial charge < -0.3 is 5.11 Å². The van der Waals surface area contributed by atoms with Crippen molar-refractivity contribution in [2.24, 2.45) is 0 Å². The van der Waals surface area contributed by atoms with Crippen LogP contribution in [-0.2, 0) is 9.59 Å². The van der Waals surface area contributed by atoms with Crippen LogP contribution in [0.15, 0.2) is 60.1 Å². The van der Waals surface area contributed by atoms with Crippen molar-refractivity contribution in [3.8, 4) is 0 Å². The summed E-state index contributed by atoms with van der Waals surface area (Å²) in [5.41, 5.74) is 2.58. The van der Waals surface area contributed by atoms with Gasteiger partial charge in [0.05, 0.1) is 11.6 Å². The highest BCUT2D eigenvalue weighted by Gasteiger charge is 2.43. The van der Waals surface area contributed by atoms with E-state index in [-0.39, 0.29) is 17.8 Å². The van der Waals surface area contributed by atoms with Gasteiger partial charge in [0.15, 0.2) is 11.5 Å². The third kappa shape index (κ3) is 2.58.